The molecule has 5 rings (SSSR count). The van der Waals surface area contributed by atoms with Crippen molar-refractivity contribution in [3.63, 3.8) is 0 Å². The second-order valence-corrected chi connectivity index (χ2v) is 9.76. The van der Waals surface area contributed by atoms with Crippen molar-refractivity contribution >= 4 is 34.5 Å². The largest absolute Gasteiger partial charge is 0.489 e. The van der Waals surface area contributed by atoms with Crippen molar-refractivity contribution in [3.05, 3.63) is 95.9 Å². The van der Waals surface area contributed by atoms with Crippen molar-refractivity contribution in [3.8, 4) is 5.75 Å². The minimum Gasteiger partial charge on any atom is -0.489 e. The Labute approximate surface area is 208 Å². The van der Waals surface area contributed by atoms with Crippen LogP contribution in [0.5, 0.6) is 5.75 Å². The van der Waals surface area contributed by atoms with Gasteiger partial charge in [-0.2, -0.15) is 0 Å². The van der Waals surface area contributed by atoms with E-state index in [1.807, 2.05) is 66.9 Å². The maximum absolute atomic E-state index is 13.6. The lowest BCUT2D eigenvalue weighted by molar-refractivity contribution is 0.0957. The molecule has 1 amide bonds. The van der Waals surface area contributed by atoms with Gasteiger partial charge in [0.05, 0.1) is 16.9 Å². The highest BCUT2D eigenvalue weighted by molar-refractivity contribution is 7.99. The number of Topliss-reactive ketones (excluding diaryl/α,β-unsaturated/α-hetero) is 1. The number of carbonyl (C=O) groups excluding carboxylic acids is 2. The van der Waals surface area contributed by atoms with E-state index < -0.39 is 0 Å². The summed E-state index contributed by atoms with van der Waals surface area (Å²) in [7, 11) is 3.39. The van der Waals surface area contributed by atoms with E-state index in [9.17, 15) is 9.59 Å². The van der Waals surface area contributed by atoms with Gasteiger partial charge in [-0.3, -0.25) is 19.7 Å². The van der Waals surface area contributed by atoms with E-state index in [-0.39, 0.29) is 23.2 Å². The molecular formula is C27H26N4O3S. The predicted octanol–water partition coefficient (Wildman–Crippen LogP) is 4.73. The van der Waals surface area contributed by atoms with E-state index in [0.29, 0.717) is 29.2 Å². The molecule has 0 radical (unpaired) electrons. The molecule has 2 aromatic heterocycles. The topological polar surface area (TPSA) is 76.5 Å². The first-order chi connectivity index (χ1) is 17.0. The number of hydrogen-bond acceptors (Lipinski definition) is 6. The Morgan fingerprint density at radius 1 is 1.14 bits per heavy atom. The van der Waals surface area contributed by atoms with Gasteiger partial charge >= 0.3 is 6.03 Å². The summed E-state index contributed by atoms with van der Waals surface area (Å²) in [6, 6.07) is 18.8. The fraction of sp³-hybridized carbons (Fsp3) is 0.222. The van der Waals surface area contributed by atoms with E-state index in [0.717, 1.165) is 16.5 Å². The minimum atomic E-state index is -0.354. The molecule has 1 aliphatic rings. The number of ketones is 1. The van der Waals surface area contributed by atoms with Crippen molar-refractivity contribution in [2.24, 2.45) is 0 Å². The number of nitrogens with zero attached hydrogens (tertiary/aromatic N) is 3. The third kappa shape index (κ3) is 4.80. The molecule has 0 saturated carbocycles. The third-order valence-corrected chi connectivity index (χ3v) is 7.23. The van der Waals surface area contributed by atoms with Gasteiger partial charge in [0.2, 0.25) is 0 Å². The smallest absolute Gasteiger partial charge is 0.328 e. The average molecular weight is 487 g/mol. The molecule has 4 aromatic rings. The zero-order valence-corrected chi connectivity index (χ0v) is 20.4. The number of nitrogens with one attached hydrogen (secondary N) is 1. The van der Waals surface area contributed by atoms with Crippen LogP contribution in [0, 0.1) is 0 Å². The Balaban J connectivity index is 1.43. The summed E-state index contributed by atoms with van der Waals surface area (Å²) in [5, 5.41) is 4.16. The second-order valence-electron chi connectivity index (χ2n) is 8.63. The van der Waals surface area contributed by atoms with Gasteiger partial charge in [-0.1, -0.05) is 36.4 Å². The second kappa shape index (κ2) is 9.93. The number of ether oxygens (including phenoxy) is 1. The Morgan fingerprint density at radius 3 is 2.71 bits per heavy atom. The lowest BCUT2D eigenvalue weighted by Gasteiger charge is -2.12. The number of hydrogen-bond donors (Lipinski definition) is 1. The van der Waals surface area contributed by atoms with Crippen LogP contribution in [0.3, 0.4) is 0 Å². The third-order valence-electron chi connectivity index (χ3n) is 5.97. The average Bonchev–Trinajstić information content (AvgIpc) is 3.53. The highest BCUT2D eigenvalue weighted by Crippen LogP contribution is 2.35. The lowest BCUT2D eigenvalue weighted by Crippen LogP contribution is -2.34. The van der Waals surface area contributed by atoms with Gasteiger partial charge in [0, 0.05) is 55.5 Å². The number of pyridine rings is 1. The van der Waals surface area contributed by atoms with Crippen LogP contribution < -0.4 is 10.1 Å². The Bertz CT molecular complexity index is 1360. The number of rotatable bonds is 6. The molecule has 1 aliphatic heterocycles. The number of amides is 1. The Kier molecular flexibility index (Phi) is 6.57. The van der Waals surface area contributed by atoms with E-state index in [4.69, 9.17) is 4.74 Å². The number of aromatic nitrogens is 2. The molecule has 0 spiro atoms. The van der Waals surface area contributed by atoms with Crippen LogP contribution >= 0.6 is 11.8 Å². The fourth-order valence-corrected chi connectivity index (χ4v) is 5.37. The molecular weight excluding hydrogens is 460 g/mol. The highest BCUT2D eigenvalue weighted by atomic mass is 32.2. The molecule has 7 nitrogen and oxygen atoms in total. The first-order valence-electron chi connectivity index (χ1n) is 11.4. The zero-order valence-electron chi connectivity index (χ0n) is 19.5. The monoisotopic (exact) mass is 486 g/mol. The van der Waals surface area contributed by atoms with Crippen LogP contribution in [-0.2, 0) is 6.61 Å². The molecule has 0 bridgehead atoms. The van der Waals surface area contributed by atoms with Crippen LogP contribution in [0.4, 0.5) is 4.79 Å². The SMILES string of the molecule is CN(C)C(=O)n1cc(C(=O)[C@@H]2CSC(c3cccnc3)N2)c2ccc(OCc3ccccc3)cc21. The summed E-state index contributed by atoms with van der Waals surface area (Å²) < 4.78 is 7.51. The Morgan fingerprint density at radius 2 is 1.97 bits per heavy atom. The number of benzene rings is 2. The molecule has 1 saturated heterocycles. The summed E-state index contributed by atoms with van der Waals surface area (Å²) >= 11 is 1.68. The molecule has 178 valence electrons. The van der Waals surface area contributed by atoms with Gasteiger partial charge in [-0.25, -0.2) is 4.79 Å². The highest BCUT2D eigenvalue weighted by Gasteiger charge is 2.33. The number of carbonyl (C=O) groups is 2. The van der Waals surface area contributed by atoms with Crippen molar-refractivity contribution < 1.29 is 14.3 Å². The first-order valence-corrected chi connectivity index (χ1v) is 12.4. The summed E-state index contributed by atoms with van der Waals surface area (Å²) in [6.45, 7) is 0.416. The van der Waals surface area contributed by atoms with Crippen LogP contribution in [-0.4, -0.2) is 52.2 Å². The summed E-state index contributed by atoms with van der Waals surface area (Å²) in [5.74, 6) is 1.25. The van der Waals surface area contributed by atoms with Crippen molar-refractivity contribution in [2.45, 2.75) is 18.0 Å². The van der Waals surface area contributed by atoms with Gasteiger partial charge < -0.3 is 9.64 Å². The van der Waals surface area contributed by atoms with E-state index >= 15 is 0 Å². The normalized spacial score (nSPS) is 17.4. The van der Waals surface area contributed by atoms with Crippen LogP contribution in [0.2, 0.25) is 0 Å². The molecule has 2 atom stereocenters. The number of thioether (sulfide) groups is 1. The van der Waals surface area contributed by atoms with Gasteiger partial charge in [-0.15, -0.1) is 11.8 Å². The van der Waals surface area contributed by atoms with E-state index in [2.05, 4.69) is 10.3 Å². The maximum atomic E-state index is 13.6. The van der Waals surface area contributed by atoms with Gasteiger partial charge in [-0.05, 0) is 29.3 Å². The fourth-order valence-electron chi connectivity index (χ4n) is 4.14. The van der Waals surface area contributed by atoms with E-state index in [1.165, 1.54) is 9.47 Å². The Hall–Kier alpha value is -3.62. The molecule has 8 heteroatoms. The zero-order chi connectivity index (χ0) is 24.4. The molecule has 35 heavy (non-hydrogen) atoms. The minimum absolute atomic E-state index is 0.00685. The first kappa shape index (κ1) is 23.1. The molecule has 1 fully saturated rings. The van der Waals surface area contributed by atoms with Crippen LogP contribution in [0.15, 0.2) is 79.3 Å². The molecule has 2 aromatic carbocycles. The van der Waals surface area contributed by atoms with Gasteiger partial charge in [0.25, 0.3) is 0 Å². The number of fused-ring (bicyclic) bond motifs is 1. The molecule has 1 unspecified atom stereocenters. The van der Waals surface area contributed by atoms with Gasteiger partial charge in [0.1, 0.15) is 12.4 Å². The van der Waals surface area contributed by atoms with Crippen LogP contribution in [0.1, 0.15) is 26.9 Å². The quantitative estimate of drug-likeness (QED) is 0.397. The van der Waals surface area contributed by atoms with Crippen molar-refractivity contribution in [1.29, 1.82) is 0 Å². The predicted molar refractivity (Wildman–Crippen MR) is 138 cm³/mol. The molecule has 0 aliphatic carbocycles. The molecule has 1 N–H and O–H groups in total. The molecule has 3 heterocycles. The van der Waals surface area contributed by atoms with Crippen LogP contribution in [0.25, 0.3) is 10.9 Å². The van der Waals surface area contributed by atoms with E-state index in [1.54, 1.807) is 38.3 Å². The summed E-state index contributed by atoms with van der Waals surface area (Å²) in [4.78, 5) is 32.2. The maximum Gasteiger partial charge on any atom is 0.328 e. The summed E-state index contributed by atoms with van der Waals surface area (Å²) in [5.41, 5.74) is 3.26. The lowest BCUT2D eigenvalue weighted by atomic mass is 10.0. The summed E-state index contributed by atoms with van der Waals surface area (Å²) in [6.07, 6.45) is 5.20. The van der Waals surface area contributed by atoms with Gasteiger partial charge in [0.15, 0.2) is 5.78 Å². The van der Waals surface area contributed by atoms with Crippen molar-refractivity contribution in [1.82, 2.24) is 19.8 Å². The standard InChI is InChI=1S/C27H26N4O3S/c1-30(2)27(33)31-15-22(25(32)23-17-35-26(29-23)19-9-6-12-28-14-19)21-11-10-20(13-24(21)31)34-16-18-7-4-3-5-8-18/h3-15,23,26,29H,16-17H2,1-2H3/t23-,26?/m0/s1. The van der Waals surface area contributed by atoms with Crippen molar-refractivity contribution in [2.75, 3.05) is 19.8 Å².